The van der Waals surface area contributed by atoms with Crippen LogP contribution in [-0.2, 0) is 13.1 Å². The van der Waals surface area contributed by atoms with Crippen molar-refractivity contribution in [1.29, 1.82) is 0 Å². The largest absolute Gasteiger partial charge is 0.326 e. The number of benzene rings is 1. The monoisotopic (exact) mass is 281 g/mol. The molecule has 2 N–H and O–H groups in total. The van der Waals surface area contributed by atoms with Crippen LogP contribution in [0.3, 0.4) is 0 Å². The van der Waals surface area contributed by atoms with Crippen LogP contribution in [0.15, 0.2) is 42.7 Å². The van der Waals surface area contributed by atoms with Gasteiger partial charge in [-0.3, -0.25) is 9.88 Å². The molecule has 1 atom stereocenters. The molecule has 3 nitrogen and oxygen atoms in total. The smallest absolute Gasteiger partial charge is 0.0367 e. The Hall–Kier alpha value is -1.71. The van der Waals surface area contributed by atoms with Gasteiger partial charge in [0, 0.05) is 31.5 Å². The van der Waals surface area contributed by atoms with Gasteiger partial charge < -0.3 is 5.73 Å². The van der Waals surface area contributed by atoms with Gasteiger partial charge in [0.05, 0.1) is 0 Å². The lowest BCUT2D eigenvalue weighted by Crippen LogP contribution is -2.23. The number of hydrogen-bond acceptors (Lipinski definition) is 3. The standard InChI is InChI=1S/C18H23N3/c1-14-10-15(11-19)6-7-17(14)13-21-9-3-5-18(21)16-4-2-8-20-12-16/h2,4,6-8,10,12,18H,3,5,9,11,13,19H2,1H3. The van der Waals surface area contributed by atoms with E-state index in [9.17, 15) is 0 Å². The zero-order valence-corrected chi connectivity index (χ0v) is 12.6. The highest BCUT2D eigenvalue weighted by atomic mass is 15.2. The third-order valence-corrected chi connectivity index (χ3v) is 4.45. The van der Waals surface area contributed by atoms with Crippen molar-refractivity contribution in [3.63, 3.8) is 0 Å². The molecule has 0 spiro atoms. The summed E-state index contributed by atoms with van der Waals surface area (Å²) in [6.07, 6.45) is 6.34. The lowest BCUT2D eigenvalue weighted by atomic mass is 10.0. The van der Waals surface area contributed by atoms with Crippen LogP contribution >= 0.6 is 0 Å². The lowest BCUT2D eigenvalue weighted by molar-refractivity contribution is 0.247. The number of pyridine rings is 1. The van der Waals surface area contributed by atoms with E-state index in [4.69, 9.17) is 5.73 Å². The van der Waals surface area contributed by atoms with E-state index >= 15 is 0 Å². The number of nitrogens with zero attached hydrogens (tertiary/aromatic N) is 2. The van der Waals surface area contributed by atoms with E-state index in [0.717, 1.165) is 13.1 Å². The third-order valence-electron chi connectivity index (χ3n) is 4.45. The Bertz CT molecular complexity index is 595. The summed E-state index contributed by atoms with van der Waals surface area (Å²) in [5, 5.41) is 0. The van der Waals surface area contributed by atoms with Crippen LogP contribution in [0.25, 0.3) is 0 Å². The van der Waals surface area contributed by atoms with Crippen molar-refractivity contribution in [1.82, 2.24) is 9.88 Å². The molecule has 1 fully saturated rings. The molecule has 2 aromatic rings. The Labute approximate surface area is 126 Å². The van der Waals surface area contributed by atoms with Crippen LogP contribution in [-0.4, -0.2) is 16.4 Å². The third kappa shape index (κ3) is 3.14. The van der Waals surface area contributed by atoms with Gasteiger partial charge in [0.1, 0.15) is 0 Å². The molecule has 2 heterocycles. The van der Waals surface area contributed by atoms with Gasteiger partial charge in [0.15, 0.2) is 0 Å². The topological polar surface area (TPSA) is 42.1 Å². The van der Waals surface area contributed by atoms with E-state index in [1.54, 1.807) is 0 Å². The van der Waals surface area contributed by atoms with Gasteiger partial charge in [-0.15, -0.1) is 0 Å². The van der Waals surface area contributed by atoms with Gasteiger partial charge in [-0.25, -0.2) is 0 Å². The summed E-state index contributed by atoms with van der Waals surface area (Å²) < 4.78 is 0. The van der Waals surface area contributed by atoms with Crippen LogP contribution in [0.2, 0.25) is 0 Å². The van der Waals surface area contributed by atoms with Gasteiger partial charge >= 0.3 is 0 Å². The second-order valence-electron chi connectivity index (χ2n) is 5.88. The van der Waals surface area contributed by atoms with Gasteiger partial charge in [-0.05, 0) is 54.6 Å². The normalized spacial score (nSPS) is 19.0. The molecule has 0 saturated carbocycles. The van der Waals surface area contributed by atoms with Crippen LogP contribution in [0, 0.1) is 6.92 Å². The molecule has 0 amide bonds. The molecule has 1 unspecified atom stereocenters. The maximum absolute atomic E-state index is 5.71. The molecule has 21 heavy (non-hydrogen) atoms. The SMILES string of the molecule is Cc1cc(CN)ccc1CN1CCCC1c1cccnc1. The Morgan fingerprint density at radius 2 is 2.24 bits per heavy atom. The van der Waals surface area contributed by atoms with Crippen molar-refractivity contribution in [2.24, 2.45) is 5.73 Å². The van der Waals surface area contributed by atoms with Crippen molar-refractivity contribution in [2.45, 2.75) is 38.9 Å². The second-order valence-corrected chi connectivity index (χ2v) is 5.88. The summed E-state index contributed by atoms with van der Waals surface area (Å²) in [6, 6.07) is 11.3. The quantitative estimate of drug-likeness (QED) is 0.936. The van der Waals surface area contributed by atoms with Gasteiger partial charge in [0.25, 0.3) is 0 Å². The zero-order valence-electron chi connectivity index (χ0n) is 12.6. The van der Waals surface area contributed by atoms with E-state index in [2.05, 4.69) is 41.1 Å². The Balaban J connectivity index is 1.78. The van der Waals surface area contributed by atoms with Crippen molar-refractivity contribution >= 4 is 0 Å². The van der Waals surface area contributed by atoms with Crippen LogP contribution in [0.4, 0.5) is 0 Å². The number of nitrogens with two attached hydrogens (primary N) is 1. The highest BCUT2D eigenvalue weighted by Crippen LogP contribution is 2.33. The molecule has 0 aliphatic carbocycles. The van der Waals surface area contributed by atoms with E-state index in [1.807, 2.05) is 18.5 Å². The van der Waals surface area contributed by atoms with E-state index in [-0.39, 0.29) is 0 Å². The minimum Gasteiger partial charge on any atom is -0.326 e. The number of likely N-dealkylation sites (tertiary alicyclic amines) is 1. The molecular formula is C18H23N3. The average molecular weight is 281 g/mol. The van der Waals surface area contributed by atoms with E-state index in [0.29, 0.717) is 12.6 Å². The van der Waals surface area contributed by atoms with Crippen LogP contribution in [0.1, 0.15) is 41.1 Å². The first-order valence-electron chi connectivity index (χ1n) is 7.70. The fraction of sp³-hybridized carbons (Fsp3) is 0.389. The summed E-state index contributed by atoms with van der Waals surface area (Å²) in [4.78, 5) is 6.84. The first kappa shape index (κ1) is 14.2. The van der Waals surface area contributed by atoms with E-state index in [1.165, 1.54) is 35.1 Å². The molecule has 1 aliphatic rings. The number of hydrogen-bond donors (Lipinski definition) is 1. The molecule has 3 rings (SSSR count). The predicted octanol–water partition coefficient (Wildman–Crippen LogP) is 3.19. The van der Waals surface area contributed by atoms with Gasteiger partial charge in [-0.2, -0.15) is 0 Å². The van der Waals surface area contributed by atoms with Crippen molar-refractivity contribution in [2.75, 3.05) is 6.54 Å². The number of aromatic nitrogens is 1. The zero-order chi connectivity index (χ0) is 14.7. The molecule has 3 heteroatoms. The molecule has 1 aromatic carbocycles. The molecular weight excluding hydrogens is 258 g/mol. The first-order chi connectivity index (χ1) is 10.3. The molecule has 110 valence electrons. The van der Waals surface area contributed by atoms with Crippen LogP contribution in [0.5, 0.6) is 0 Å². The molecule has 1 aliphatic heterocycles. The Kier molecular flexibility index (Phi) is 4.32. The van der Waals surface area contributed by atoms with Crippen molar-refractivity contribution in [3.8, 4) is 0 Å². The highest BCUT2D eigenvalue weighted by Gasteiger charge is 2.26. The van der Waals surface area contributed by atoms with Crippen LogP contribution < -0.4 is 5.73 Å². The Morgan fingerprint density at radius 3 is 2.95 bits per heavy atom. The fourth-order valence-corrected chi connectivity index (χ4v) is 3.25. The average Bonchev–Trinajstić information content (AvgIpc) is 2.98. The van der Waals surface area contributed by atoms with Gasteiger partial charge in [-0.1, -0.05) is 24.3 Å². The van der Waals surface area contributed by atoms with Crippen molar-refractivity contribution < 1.29 is 0 Å². The lowest BCUT2D eigenvalue weighted by Gasteiger charge is -2.25. The molecule has 0 bridgehead atoms. The molecule has 1 aromatic heterocycles. The van der Waals surface area contributed by atoms with E-state index < -0.39 is 0 Å². The van der Waals surface area contributed by atoms with Crippen molar-refractivity contribution in [3.05, 3.63) is 65.0 Å². The minimum absolute atomic E-state index is 0.507. The first-order valence-corrected chi connectivity index (χ1v) is 7.70. The highest BCUT2D eigenvalue weighted by molar-refractivity contribution is 5.31. The molecule has 1 saturated heterocycles. The number of rotatable bonds is 4. The summed E-state index contributed by atoms with van der Waals surface area (Å²) >= 11 is 0. The summed E-state index contributed by atoms with van der Waals surface area (Å²) in [5.74, 6) is 0. The maximum atomic E-state index is 5.71. The minimum atomic E-state index is 0.507. The second kappa shape index (κ2) is 6.37. The summed E-state index contributed by atoms with van der Waals surface area (Å²) in [6.45, 7) is 4.97. The molecule has 0 radical (unpaired) electrons. The Morgan fingerprint density at radius 1 is 1.33 bits per heavy atom. The summed E-state index contributed by atoms with van der Waals surface area (Å²) in [5.41, 5.74) is 11.0. The fourth-order valence-electron chi connectivity index (χ4n) is 3.25. The number of aryl methyl sites for hydroxylation is 1. The van der Waals surface area contributed by atoms with Gasteiger partial charge in [0.2, 0.25) is 0 Å². The predicted molar refractivity (Wildman–Crippen MR) is 85.7 cm³/mol. The maximum Gasteiger partial charge on any atom is 0.0367 e. The summed E-state index contributed by atoms with van der Waals surface area (Å²) in [7, 11) is 0.